The van der Waals surface area contributed by atoms with Gasteiger partial charge < -0.3 is 14.7 Å². The number of halogens is 1. The van der Waals surface area contributed by atoms with Crippen LogP contribution >= 0.6 is 11.6 Å². The van der Waals surface area contributed by atoms with E-state index in [0.29, 0.717) is 23.0 Å². The van der Waals surface area contributed by atoms with Gasteiger partial charge in [0, 0.05) is 17.7 Å². The van der Waals surface area contributed by atoms with Crippen molar-refractivity contribution in [3.63, 3.8) is 0 Å². The summed E-state index contributed by atoms with van der Waals surface area (Å²) < 4.78 is 5.40. The molecule has 0 spiro atoms. The Kier molecular flexibility index (Phi) is 6.19. The standard InChI is InChI=1S/C17H22ClN3O2/c1-12-14(11-16(22)19-9-6-10-21(2)3)17(23-20-12)13-7-4-5-8-15(13)18/h4-5,7-8H,6,9-11H2,1-3H3,(H,19,22). The Hall–Kier alpha value is -1.85. The number of benzene rings is 1. The van der Waals surface area contributed by atoms with E-state index in [2.05, 4.69) is 15.4 Å². The maximum Gasteiger partial charge on any atom is 0.224 e. The number of carbonyl (C=O) groups excluding carboxylic acids is 1. The smallest absolute Gasteiger partial charge is 0.224 e. The number of carbonyl (C=O) groups is 1. The molecule has 1 aromatic heterocycles. The van der Waals surface area contributed by atoms with Crippen LogP contribution in [0.3, 0.4) is 0 Å². The van der Waals surface area contributed by atoms with E-state index in [4.69, 9.17) is 16.1 Å². The summed E-state index contributed by atoms with van der Waals surface area (Å²) in [7, 11) is 4.02. The van der Waals surface area contributed by atoms with Gasteiger partial charge in [-0.1, -0.05) is 28.9 Å². The molecule has 2 rings (SSSR count). The van der Waals surface area contributed by atoms with Gasteiger partial charge in [0.05, 0.1) is 17.1 Å². The van der Waals surface area contributed by atoms with Crippen LogP contribution in [0.25, 0.3) is 11.3 Å². The first-order valence-electron chi connectivity index (χ1n) is 7.60. The average Bonchev–Trinajstić information content (AvgIpc) is 2.85. The van der Waals surface area contributed by atoms with E-state index in [1.54, 1.807) is 6.07 Å². The molecule has 0 bridgehead atoms. The molecule has 2 aromatic rings. The first-order valence-corrected chi connectivity index (χ1v) is 7.98. The Labute approximate surface area is 141 Å². The number of hydrogen-bond donors (Lipinski definition) is 1. The number of aryl methyl sites for hydroxylation is 1. The summed E-state index contributed by atoms with van der Waals surface area (Å²) >= 11 is 6.22. The van der Waals surface area contributed by atoms with Crippen LogP contribution in [0.2, 0.25) is 5.02 Å². The normalized spacial score (nSPS) is 11.0. The summed E-state index contributed by atoms with van der Waals surface area (Å²) in [6.07, 6.45) is 1.15. The molecule has 1 aromatic carbocycles. The van der Waals surface area contributed by atoms with Crippen molar-refractivity contribution in [1.82, 2.24) is 15.4 Å². The number of aromatic nitrogens is 1. The molecule has 0 saturated heterocycles. The quantitative estimate of drug-likeness (QED) is 0.790. The summed E-state index contributed by atoms with van der Waals surface area (Å²) in [6.45, 7) is 3.43. The lowest BCUT2D eigenvalue weighted by atomic mass is 10.0. The van der Waals surface area contributed by atoms with Gasteiger partial charge in [-0.2, -0.15) is 0 Å². The molecule has 0 unspecified atom stereocenters. The Morgan fingerprint density at radius 2 is 2.09 bits per heavy atom. The zero-order valence-electron chi connectivity index (χ0n) is 13.7. The van der Waals surface area contributed by atoms with E-state index < -0.39 is 0 Å². The van der Waals surface area contributed by atoms with Crippen molar-refractivity contribution in [2.45, 2.75) is 19.8 Å². The molecule has 0 atom stereocenters. The summed E-state index contributed by atoms with van der Waals surface area (Å²) in [6, 6.07) is 7.39. The van der Waals surface area contributed by atoms with Crippen LogP contribution in [0.5, 0.6) is 0 Å². The molecule has 0 aliphatic heterocycles. The van der Waals surface area contributed by atoms with Gasteiger partial charge in [-0.05, 0) is 46.1 Å². The number of hydrogen-bond acceptors (Lipinski definition) is 4. The number of nitrogens with zero attached hydrogens (tertiary/aromatic N) is 2. The first kappa shape index (κ1) is 17.5. The van der Waals surface area contributed by atoms with Gasteiger partial charge >= 0.3 is 0 Å². The monoisotopic (exact) mass is 335 g/mol. The maximum atomic E-state index is 12.1. The fourth-order valence-electron chi connectivity index (χ4n) is 2.30. The lowest BCUT2D eigenvalue weighted by Gasteiger charge is -2.10. The molecular weight excluding hydrogens is 314 g/mol. The van der Waals surface area contributed by atoms with E-state index in [1.807, 2.05) is 39.2 Å². The highest BCUT2D eigenvalue weighted by Gasteiger charge is 2.19. The Bertz CT molecular complexity index is 668. The molecule has 0 radical (unpaired) electrons. The number of amides is 1. The van der Waals surface area contributed by atoms with E-state index in [0.717, 1.165) is 24.1 Å². The van der Waals surface area contributed by atoms with Gasteiger partial charge in [-0.15, -0.1) is 0 Å². The van der Waals surface area contributed by atoms with Crippen LogP contribution in [0, 0.1) is 6.92 Å². The molecule has 23 heavy (non-hydrogen) atoms. The second-order valence-corrected chi connectivity index (χ2v) is 6.15. The SMILES string of the molecule is Cc1noc(-c2ccccc2Cl)c1CC(=O)NCCCN(C)C. The summed E-state index contributed by atoms with van der Waals surface area (Å²) in [4.78, 5) is 14.2. The number of rotatable bonds is 7. The van der Waals surface area contributed by atoms with Crippen LogP contribution in [0.15, 0.2) is 28.8 Å². The zero-order chi connectivity index (χ0) is 16.8. The largest absolute Gasteiger partial charge is 0.356 e. The molecular formula is C17H22ClN3O2. The minimum absolute atomic E-state index is 0.0386. The van der Waals surface area contributed by atoms with Crippen molar-refractivity contribution < 1.29 is 9.32 Å². The van der Waals surface area contributed by atoms with E-state index in [9.17, 15) is 4.79 Å². The van der Waals surface area contributed by atoms with Gasteiger partial charge in [-0.25, -0.2) is 0 Å². The molecule has 0 aliphatic carbocycles. The third-order valence-corrected chi connectivity index (χ3v) is 3.87. The highest BCUT2D eigenvalue weighted by molar-refractivity contribution is 6.33. The highest BCUT2D eigenvalue weighted by Crippen LogP contribution is 2.32. The zero-order valence-corrected chi connectivity index (χ0v) is 14.5. The predicted octanol–water partition coefficient (Wildman–Crippen LogP) is 2.91. The molecule has 1 amide bonds. The molecule has 6 heteroatoms. The highest BCUT2D eigenvalue weighted by atomic mass is 35.5. The van der Waals surface area contributed by atoms with Gasteiger partial charge in [0.2, 0.25) is 5.91 Å². The van der Waals surface area contributed by atoms with Crippen molar-refractivity contribution in [3.8, 4) is 11.3 Å². The maximum absolute atomic E-state index is 12.1. The van der Waals surface area contributed by atoms with E-state index >= 15 is 0 Å². The Morgan fingerprint density at radius 1 is 1.35 bits per heavy atom. The van der Waals surface area contributed by atoms with Crippen LogP contribution in [0.1, 0.15) is 17.7 Å². The average molecular weight is 336 g/mol. The third-order valence-electron chi connectivity index (χ3n) is 3.54. The molecule has 0 fully saturated rings. The fraction of sp³-hybridized carbons (Fsp3) is 0.412. The molecule has 0 saturated carbocycles. The lowest BCUT2D eigenvalue weighted by Crippen LogP contribution is -2.28. The second-order valence-electron chi connectivity index (χ2n) is 5.74. The van der Waals surface area contributed by atoms with Crippen molar-refractivity contribution in [2.24, 2.45) is 0 Å². The van der Waals surface area contributed by atoms with Gasteiger partial charge in [-0.3, -0.25) is 4.79 Å². The van der Waals surface area contributed by atoms with Crippen molar-refractivity contribution >= 4 is 17.5 Å². The van der Waals surface area contributed by atoms with Crippen molar-refractivity contribution in [3.05, 3.63) is 40.5 Å². The second kappa shape index (κ2) is 8.13. The van der Waals surface area contributed by atoms with Gasteiger partial charge in [0.1, 0.15) is 0 Å². The van der Waals surface area contributed by atoms with Crippen LogP contribution in [-0.2, 0) is 11.2 Å². The summed E-state index contributed by atoms with van der Waals surface area (Å²) in [5.41, 5.74) is 2.25. The van der Waals surface area contributed by atoms with E-state index in [1.165, 1.54) is 0 Å². The first-order chi connectivity index (χ1) is 11.0. The molecule has 1 N–H and O–H groups in total. The van der Waals surface area contributed by atoms with Crippen molar-refractivity contribution in [1.29, 1.82) is 0 Å². The number of nitrogens with one attached hydrogen (secondary N) is 1. The Morgan fingerprint density at radius 3 is 2.78 bits per heavy atom. The summed E-state index contributed by atoms with van der Waals surface area (Å²) in [5.74, 6) is 0.528. The van der Waals surface area contributed by atoms with Crippen molar-refractivity contribution in [2.75, 3.05) is 27.2 Å². The fourth-order valence-corrected chi connectivity index (χ4v) is 2.52. The van der Waals surface area contributed by atoms with Crippen LogP contribution in [-0.4, -0.2) is 43.1 Å². The van der Waals surface area contributed by atoms with E-state index in [-0.39, 0.29) is 12.3 Å². The minimum atomic E-state index is -0.0386. The van der Waals surface area contributed by atoms with Crippen LogP contribution < -0.4 is 5.32 Å². The van der Waals surface area contributed by atoms with Crippen LogP contribution in [0.4, 0.5) is 0 Å². The summed E-state index contributed by atoms with van der Waals surface area (Å²) in [5, 5.41) is 7.50. The van der Waals surface area contributed by atoms with Gasteiger partial charge in [0.25, 0.3) is 0 Å². The topological polar surface area (TPSA) is 58.4 Å². The minimum Gasteiger partial charge on any atom is -0.356 e. The Balaban J connectivity index is 2.05. The van der Waals surface area contributed by atoms with Gasteiger partial charge in [0.15, 0.2) is 5.76 Å². The third kappa shape index (κ3) is 4.81. The molecule has 5 nitrogen and oxygen atoms in total. The molecule has 1 heterocycles. The lowest BCUT2D eigenvalue weighted by molar-refractivity contribution is -0.120. The predicted molar refractivity (Wildman–Crippen MR) is 91.6 cm³/mol. The molecule has 124 valence electrons. The molecule has 0 aliphatic rings.